The Morgan fingerprint density at radius 2 is 2.00 bits per heavy atom. The van der Waals surface area contributed by atoms with Crippen LogP contribution in [0.4, 0.5) is 5.82 Å². The number of H-pyrrole nitrogens is 2. The maximum Gasteiger partial charge on any atom is 0.327 e. The highest BCUT2D eigenvalue weighted by molar-refractivity contribution is 6.19. The van der Waals surface area contributed by atoms with E-state index in [9.17, 15) is 14.4 Å². The van der Waals surface area contributed by atoms with Gasteiger partial charge in [0.15, 0.2) is 5.78 Å². The summed E-state index contributed by atoms with van der Waals surface area (Å²) >= 11 is 5.34. The maximum absolute atomic E-state index is 11.3. The minimum Gasteiger partial charge on any atom is -0.384 e. The Labute approximate surface area is 83.1 Å². The lowest BCUT2D eigenvalue weighted by Crippen LogP contribution is -2.29. The molecule has 6 nitrogen and oxygen atoms in total. The van der Waals surface area contributed by atoms with Gasteiger partial charge in [-0.2, -0.15) is 0 Å². The molecule has 0 aliphatic rings. The first kappa shape index (κ1) is 10.5. The number of nitrogen functional groups attached to an aromatic ring is 1. The molecule has 0 bridgehead atoms. The predicted molar refractivity (Wildman–Crippen MR) is 51.8 cm³/mol. The number of alkyl halides is 1. The van der Waals surface area contributed by atoms with Crippen molar-refractivity contribution in [3.05, 3.63) is 26.4 Å². The van der Waals surface area contributed by atoms with Gasteiger partial charge in [0.05, 0.1) is 0 Å². The first-order chi connectivity index (χ1) is 6.56. The number of carbonyl (C=O) groups excluding carboxylic acids is 1. The predicted octanol–water partition coefficient (Wildman–Crippen LogP) is -0.543. The van der Waals surface area contributed by atoms with Gasteiger partial charge in [0, 0.05) is 12.3 Å². The molecule has 0 aliphatic carbocycles. The molecule has 1 heterocycles. The van der Waals surface area contributed by atoms with Crippen LogP contribution in [-0.2, 0) is 0 Å². The lowest BCUT2D eigenvalue weighted by Gasteiger charge is -2.00. The molecule has 14 heavy (non-hydrogen) atoms. The number of hydrogen-bond donors (Lipinski definition) is 3. The Kier molecular flexibility index (Phi) is 3.08. The van der Waals surface area contributed by atoms with Crippen molar-refractivity contribution in [3.63, 3.8) is 0 Å². The first-order valence-electron chi connectivity index (χ1n) is 3.77. The molecule has 0 radical (unpaired) electrons. The van der Waals surface area contributed by atoms with Crippen LogP contribution in [-0.4, -0.2) is 21.6 Å². The lowest BCUT2D eigenvalue weighted by atomic mass is 10.1. The zero-order chi connectivity index (χ0) is 10.7. The SMILES string of the molecule is Nc1[nH]c(=O)[nH]c(=O)c1C(=O)CCCl. The Morgan fingerprint density at radius 1 is 1.36 bits per heavy atom. The molecule has 0 unspecified atom stereocenters. The Bertz CT molecular complexity index is 462. The Hall–Kier alpha value is -1.56. The molecule has 0 saturated carbocycles. The molecule has 1 rings (SSSR count). The number of aromatic nitrogens is 2. The number of halogens is 1. The van der Waals surface area contributed by atoms with E-state index in [2.05, 4.69) is 4.98 Å². The van der Waals surface area contributed by atoms with Gasteiger partial charge in [0.1, 0.15) is 11.4 Å². The number of ketones is 1. The first-order valence-corrected chi connectivity index (χ1v) is 4.31. The van der Waals surface area contributed by atoms with Gasteiger partial charge < -0.3 is 5.73 Å². The number of carbonyl (C=O) groups is 1. The van der Waals surface area contributed by atoms with Crippen molar-refractivity contribution < 1.29 is 4.79 Å². The second kappa shape index (κ2) is 4.10. The summed E-state index contributed by atoms with van der Waals surface area (Å²) in [5, 5.41) is 0. The summed E-state index contributed by atoms with van der Waals surface area (Å²) < 4.78 is 0. The molecule has 0 aliphatic heterocycles. The Morgan fingerprint density at radius 3 is 2.50 bits per heavy atom. The zero-order valence-corrected chi connectivity index (χ0v) is 7.85. The van der Waals surface area contributed by atoms with E-state index < -0.39 is 17.0 Å². The van der Waals surface area contributed by atoms with E-state index in [1.54, 1.807) is 0 Å². The van der Waals surface area contributed by atoms with E-state index in [-0.39, 0.29) is 23.7 Å². The third-order valence-corrected chi connectivity index (χ3v) is 1.76. The van der Waals surface area contributed by atoms with Crippen molar-refractivity contribution >= 4 is 23.2 Å². The quantitative estimate of drug-likeness (QED) is 0.467. The number of aromatic amines is 2. The summed E-state index contributed by atoms with van der Waals surface area (Å²) in [6, 6.07) is 0. The number of anilines is 1. The summed E-state index contributed by atoms with van der Waals surface area (Å²) in [6.45, 7) is 0. The molecule has 1 aromatic heterocycles. The van der Waals surface area contributed by atoms with Gasteiger partial charge in [-0.1, -0.05) is 0 Å². The third kappa shape index (κ3) is 2.02. The average molecular weight is 218 g/mol. The standard InChI is InChI=1S/C7H8ClN3O3/c8-2-1-3(12)4-5(9)10-7(14)11-6(4)13/h1-2H2,(H4,9,10,11,13,14). The van der Waals surface area contributed by atoms with Crippen LogP contribution in [0.15, 0.2) is 9.59 Å². The van der Waals surface area contributed by atoms with Crippen molar-refractivity contribution in [1.29, 1.82) is 0 Å². The van der Waals surface area contributed by atoms with Gasteiger partial charge in [-0.3, -0.25) is 19.6 Å². The largest absolute Gasteiger partial charge is 0.384 e. The van der Waals surface area contributed by atoms with Crippen LogP contribution in [0.1, 0.15) is 16.8 Å². The van der Waals surface area contributed by atoms with E-state index in [1.165, 1.54) is 0 Å². The van der Waals surface area contributed by atoms with Crippen molar-refractivity contribution in [2.45, 2.75) is 6.42 Å². The van der Waals surface area contributed by atoms with Crippen molar-refractivity contribution in [1.82, 2.24) is 9.97 Å². The third-order valence-electron chi connectivity index (χ3n) is 1.57. The number of nitrogens with two attached hydrogens (primary N) is 1. The second-order valence-corrected chi connectivity index (χ2v) is 2.94. The van der Waals surface area contributed by atoms with Crippen LogP contribution >= 0.6 is 11.6 Å². The molecular weight excluding hydrogens is 210 g/mol. The lowest BCUT2D eigenvalue weighted by molar-refractivity contribution is 0.0988. The van der Waals surface area contributed by atoms with Gasteiger partial charge >= 0.3 is 5.69 Å². The maximum atomic E-state index is 11.3. The molecule has 7 heteroatoms. The number of hydrogen-bond acceptors (Lipinski definition) is 4. The van der Waals surface area contributed by atoms with Gasteiger partial charge in [-0.15, -0.1) is 11.6 Å². The Balaban J connectivity index is 3.28. The molecule has 4 N–H and O–H groups in total. The molecule has 0 saturated heterocycles. The number of nitrogens with one attached hydrogen (secondary N) is 2. The van der Waals surface area contributed by atoms with Gasteiger partial charge in [-0.05, 0) is 0 Å². The molecule has 0 aromatic carbocycles. The topological polar surface area (TPSA) is 109 Å². The molecule has 0 atom stereocenters. The van der Waals surface area contributed by atoms with Crippen LogP contribution < -0.4 is 17.0 Å². The summed E-state index contributed by atoms with van der Waals surface area (Å²) in [4.78, 5) is 37.2. The molecular formula is C7H8ClN3O3. The smallest absolute Gasteiger partial charge is 0.327 e. The van der Waals surface area contributed by atoms with Crippen LogP contribution in [0.2, 0.25) is 0 Å². The zero-order valence-electron chi connectivity index (χ0n) is 7.09. The monoisotopic (exact) mass is 217 g/mol. The molecule has 0 spiro atoms. The van der Waals surface area contributed by atoms with Crippen LogP contribution in [0.25, 0.3) is 0 Å². The van der Waals surface area contributed by atoms with Crippen LogP contribution in [0.5, 0.6) is 0 Å². The van der Waals surface area contributed by atoms with Crippen molar-refractivity contribution in [2.75, 3.05) is 11.6 Å². The van der Waals surface area contributed by atoms with E-state index in [0.29, 0.717) is 0 Å². The molecule has 0 fully saturated rings. The highest BCUT2D eigenvalue weighted by Gasteiger charge is 2.14. The van der Waals surface area contributed by atoms with E-state index >= 15 is 0 Å². The van der Waals surface area contributed by atoms with Gasteiger partial charge in [0.2, 0.25) is 0 Å². The van der Waals surface area contributed by atoms with E-state index in [1.807, 2.05) is 4.98 Å². The summed E-state index contributed by atoms with van der Waals surface area (Å²) in [5.74, 6) is -0.625. The van der Waals surface area contributed by atoms with Crippen molar-refractivity contribution in [2.24, 2.45) is 0 Å². The minimum atomic E-state index is -0.790. The molecule has 76 valence electrons. The molecule has 0 amide bonds. The summed E-state index contributed by atoms with van der Waals surface area (Å²) in [7, 11) is 0. The minimum absolute atomic E-state index is 0.000872. The van der Waals surface area contributed by atoms with E-state index in [4.69, 9.17) is 17.3 Å². The fourth-order valence-corrected chi connectivity index (χ4v) is 1.16. The highest BCUT2D eigenvalue weighted by Crippen LogP contribution is 2.03. The highest BCUT2D eigenvalue weighted by atomic mass is 35.5. The number of Topliss-reactive ketones (excluding diaryl/α,β-unsaturated/α-hetero) is 1. The fourth-order valence-electron chi connectivity index (χ4n) is 0.992. The van der Waals surface area contributed by atoms with Gasteiger partial charge in [-0.25, -0.2) is 4.79 Å². The normalized spacial score (nSPS) is 10.1. The van der Waals surface area contributed by atoms with Crippen LogP contribution in [0.3, 0.4) is 0 Å². The van der Waals surface area contributed by atoms with E-state index in [0.717, 1.165) is 0 Å². The average Bonchev–Trinajstić information content (AvgIpc) is 2.01. The summed E-state index contributed by atoms with van der Waals surface area (Å²) in [5.41, 5.74) is 3.54. The summed E-state index contributed by atoms with van der Waals surface area (Å²) in [6.07, 6.45) is 0.000872. The molecule has 1 aromatic rings. The van der Waals surface area contributed by atoms with Gasteiger partial charge in [0.25, 0.3) is 5.56 Å². The van der Waals surface area contributed by atoms with Crippen LogP contribution in [0, 0.1) is 0 Å². The fraction of sp³-hybridized carbons (Fsp3) is 0.286. The number of rotatable bonds is 3. The van der Waals surface area contributed by atoms with Crippen molar-refractivity contribution in [3.8, 4) is 0 Å². The second-order valence-electron chi connectivity index (χ2n) is 2.56.